The zero-order valence-electron chi connectivity index (χ0n) is 11.3. The Balaban J connectivity index is 1.99. The van der Waals surface area contributed by atoms with Gasteiger partial charge in [-0.2, -0.15) is 0 Å². The number of halogens is 2. The largest absolute Gasteiger partial charge is 0.485 e. The SMILES string of the molecule is CC1(C)Oc2ccccc2C1Nc1cc(F)ccc1Br. The van der Waals surface area contributed by atoms with Crippen LogP contribution in [0, 0.1) is 5.82 Å². The molecule has 20 heavy (non-hydrogen) atoms. The van der Waals surface area contributed by atoms with E-state index < -0.39 is 5.60 Å². The van der Waals surface area contributed by atoms with E-state index in [4.69, 9.17) is 4.74 Å². The van der Waals surface area contributed by atoms with Crippen molar-refractivity contribution in [2.75, 3.05) is 5.32 Å². The van der Waals surface area contributed by atoms with Crippen LogP contribution in [0.5, 0.6) is 5.75 Å². The summed E-state index contributed by atoms with van der Waals surface area (Å²) in [5.74, 6) is 0.614. The monoisotopic (exact) mass is 335 g/mol. The van der Waals surface area contributed by atoms with E-state index in [1.54, 1.807) is 6.07 Å². The Morgan fingerprint density at radius 1 is 1.20 bits per heavy atom. The number of nitrogens with one attached hydrogen (secondary N) is 1. The summed E-state index contributed by atoms with van der Waals surface area (Å²) >= 11 is 3.45. The molecule has 0 aliphatic carbocycles. The van der Waals surface area contributed by atoms with Crippen LogP contribution < -0.4 is 10.1 Å². The molecule has 0 bridgehead atoms. The number of rotatable bonds is 2. The molecule has 1 unspecified atom stereocenters. The van der Waals surface area contributed by atoms with E-state index in [0.29, 0.717) is 0 Å². The van der Waals surface area contributed by atoms with Crippen LogP contribution in [-0.2, 0) is 0 Å². The van der Waals surface area contributed by atoms with Crippen LogP contribution >= 0.6 is 15.9 Å². The molecule has 4 heteroatoms. The van der Waals surface area contributed by atoms with Crippen molar-refractivity contribution >= 4 is 21.6 Å². The Hall–Kier alpha value is -1.55. The maximum absolute atomic E-state index is 13.4. The molecule has 1 aliphatic rings. The van der Waals surface area contributed by atoms with Gasteiger partial charge in [0.05, 0.1) is 11.7 Å². The number of benzene rings is 2. The molecule has 1 N–H and O–H groups in total. The standard InChI is InChI=1S/C16H15BrFNO/c1-16(2)15(11-5-3-4-6-14(11)20-16)19-13-9-10(18)7-8-12(13)17/h3-9,15,19H,1-2H3. The van der Waals surface area contributed by atoms with Gasteiger partial charge in [0.15, 0.2) is 0 Å². The first-order chi connectivity index (χ1) is 9.47. The summed E-state index contributed by atoms with van der Waals surface area (Å²) < 4.78 is 20.2. The molecule has 0 saturated heterocycles. The van der Waals surface area contributed by atoms with Crippen LogP contribution in [0.4, 0.5) is 10.1 Å². The van der Waals surface area contributed by atoms with E-state index >= 15 is 0 Å². The van der Waals surface area contributed by atoms with E-state index in [0.717, 1.165) is 21.5 Å². The van der Waals surface area contributed by atoms with Gasteiger partial charge in [0, 0.05) is 10.0 Å². The third kappa shape index (κ3) is 2.29. The zero-order chi connectivity index (χ0) is 14.3. The van der Waals surface area contributed by atoms with Crippen molar-refractivity contribution in [3.63, 3.8) is 0 Å². The molecule has 0 amide bonds. The highest BCUT2D eigenvalue weighted by molar-refractivity contribution is 9.10. The fourth-order valence-corrected chi connectivity index (χ4v) is 2.91. The lowest BCUT2D eigenvalue weighted by Crippen LogP contribution is -2.34. The average molecular weight is 336 g/mol. The highest BCUT2D eigenvalue weighted by Gasteiger charge is 2.41. The predicted octanol–water partition coefficient (Wildman–Crippen LogP) is 4.91. The Kier molecular flexibility index (Phi) is 3.21. The number of fused-ring (bicyclic) bond motifs is 1. The van der Waals surface area contributed by atoms with Crippen molar-refractivity contribution in [1.82, 2.24) is 0 Å². The summed E-state index contributed by atoms with van der Waals surface area (Å²) in [5, 5.41) is 3.38. The molecule has 2 aromatic rings. The first-order valence-corrected chi connectivity index (χ1v) is 7.26. The third-order valence-corrected chi connectivity index (χ3v) is 4.22. The fourth-order valence-electron chi connectivity index (χ4n) is 2.54. The van der Waals surface area contributed by atoms with Crippen molar-refractivity contribution in [1.29, 1.82) is 0 Å². The van der Waals surface area contributed by atoms with Crippen LogP contribution in [0.2, 0.25) is 0 Å². The molecule has 0 saturated carbocycles. The van der Waals surface area contributed by atoms with Gasteiger partial charge in [-0.15, -0.1) is 0 Å². The van der Waals surface area contributed by atoms with Gasteiger partial charge < -0.3 is 10.1 Å². The van der Waals surface area contributed by atoms with Crippen LogP contribution in [0.3, 0.4) is 0 Å². The normalized spacial score (nSPS) is 19.3. The number of hydrogen-bond donors (Lipinski definition) is 1. The van der Waals surface area contributed by atoms with E-state index in [2.05, 4.69) is 21.2 Å². The summed E-state index contributed by atoms with van der Waals surface area (Å²) in [6.07, 6.45) is 0. The predicted molar refractivity (Wildman–Crippen MR) is 81.6 cm³/mol. The van der Waals surface area contributed by atoms with Crippen LogP contribution in [0.25, 0.3) is 0 Å². The molecule has 0 fully saturated rings. The second kappa shape index (κ2) is 4.77. The molecular formula is C16H15BrFNO. The molecule has 1 aliphatic heterocycles. The molecule has 0 radical (unpaired) electrons. The van der Waals surface area contributed by atoms with Crippen LogP contribution in [0.15, 0.2) is 46.9 Å². The van der Waals surface area contributed by atoms with Crippen molar-refractivity contribution in [3.8, 4) is 5.75 Å². The summed E-state index contributed by atoms with van der Waals surface area (Å²) in [6.45, 7) is 4.05. The van der Waals surface area contributed by atoms with E-state index in [-0.39, 0.29) is 11.9 Å². The van der Waals surface area contributed by atoms with Crippen LogP contribution in [0.1, 0.15) is 25.5 Å². The number of para-hydroxylation sites is 1. The molecule has 0 aromatic heterocycles. The molecule has 1 atom stereocenters. The molecular weight excluding hydrogens is 321 g/mol. The van der Waals surface area contributed by atoms with E-state index in [9.17, 15) is 4.39 Å². The molecule has 2 nitrogen and oxygen atoms in total. The summed E-state index contributed by atoms with van der Waals surface area (Å²) in [6, 6.07) is 12.5. The van der Waals surface area contributed by atoms with Crippen molar-refractivity contribution in [2.45, 2.75) is 25.5 Å². The van der Waals surface area contributed by atoms with Gasteiger partial charge in [0.25, 0.3) is 0 Å². The molecule has 104 valence electrons. The van der Waals surface area contributed by atoms with Crippen molar-refractivity contribution < 1.29 is 9.13 Å². The minimum Gasteiger partial charge on any atom is -0.485 e. The van der Waals surface area contributed by atoms with Crippen molar-refractivity contribution in [3.05, 3.63) is 58.3 Å². The lowest BCUT2D eigenvalue weighted by atomic mass is 9.94. The minimum absolute atomic E-state index is 0.0307. The molecule has 3 rings (SSSR count). The Morgan fingerprint density at radius 2 is 1.95 bits per heavy atom. The first kappa shape index (κ1) is 13.4. The minimum atomic E-state index is -0.393. The molecule has 0 spiro atoms. The molecule has 2 aromatic carbocycles. The smallest absolute Gasteiger partial charge is 0.128 e. The zero-order valence-corrected chi connectivity index (χ0v) is 12.9. The summed E-state index contributed by atoms with van der Waals surface area (Å²) in [7, 11) is 0. The number of hydrogen-bond acceptors (Lipinski definition) is 2. The highest BCUT2D eigenvalue weighted by atomic mass is 79.9. The van der Waals surface area contributed by atoms with Gasteiger partial charge in [-0.3, -0.25) is 0 Å². The maximum atomic E-state index is 13.4. The van der Waals surface area contributed by atoms with Gasteiger partial charge in [-0.05, 0) is 54.0 Å². The Labute approximate surface area is 126 Å². The second-order valence-electron chi connectivity index (χ2n) is 5.44. The van der Waals surface area contributed by atoms with Gasteiger partial charge >= 0.3 is 0 Å². The number of anilines is 1. The highest BCUT2D eigenvalue weighted by Crippen LogP contribution is 2.45. The second-order valence-corrected chi connectivity index (χ2v) is 6.30. The van der Waals surface area contributed by atoms with Gasteiger partial charge in [0.2, 0.25) is 0 Å². The van der Waals surface area contributed by atoms with E-state index in [1.807, 2.05) is 38.1 Å². The van der Waals surface area contributed by atoms with Gasteiger partial charge in [-0.1, -0.05) is 18.2 Å². The Bertz CT molecular complexity index is 657. The third-order valence-electron chi connectivity index (χ3n) is 3.53. The summed E-state index contributed by atoms with van der Waals surface area (Å²) in [5.41, 5.74) is 1.42. The maximum Gasteiger partial charge on any atom is 0.128 e. The average Bonchev–Trinajstić information content (AvgIpc) is 2.65. The quantitative estimate of drug-likeness (QED) is 0.841. The topological polar surface area (TPSA) is 21.3 Å². The lowest BCUT2D eigenvalue weighted by molar-refractivity contribution is 0.118. The van der Waals surface area contributed by atoms with Crippen LogP contribution in [-0.4, -0.2) is 5.60 Å². The summed E-state index contributed by atoms with van der Waals surface area (Å²) in [4.78, 5) is 0. The van der Waals surface area contributed by atoms with E-state index in [1.165, 1.54) is 12.1 Å². The van der Waals surface area contributed by atoms with Gasteiger partial charge in [-0.25, -0.2) is 4.39 Å². The Morgan fingerprint density at radius 3 is 2.75 bits per heavy atom. The fraction of sp³-hybridized carbons (Fsp3) is 0.250. The van der Waals surface area contributed by atoms with Crippen molar-refractivity contribution in [2.24, 2.45) is 0 Å². The first-order valence-electron chi connectivity index (χ1n) is 6.47. The van der Waals surface area contributed by atoms with Gasteiger partial charge in [0.1, 0.15) is 17.2 Å². The number of ether oxygens (including phenoxy) is 1. The lowest BCUT2D eigenvalue weighted by Gasteiger charge is -2.28. The molecule has 1 heterocycles.